The van der Waals surface area contributed by atoms with E-state index in [0.717, 1.165) is 0 Å². The van der Waals surface area contributed by atoms with Crippen LogP contribution in [-0.4, -0.2) is 48.9 Å². The van der Waals surface area contributed by atoms with Crippen molar-refractivity contribution in [2.24, 2.45) is 0 Å². The van der Waals surface area contributed by atoms with Crippen LogP contribution in [0.25, 0.3) is 11.1 Å². The summed E-state index contributed by atoms with van der Waals surface area (Å²) in [5.41, 5.74) is 1.27. The maximum absolute atomic E-state index is 14.0. The quantitative estimate of drug-likeness (QED) is 0.0928. The molecule has 2 aromatic carbocycles. The van der Waals surface area contributed by atoms with Crippen LogP contribution in [0.1, 0.15) is 26.7 Å². The zero-order chi connectivity index (χ0) is 26.3. The Morgan fingerprint density at radius 2 is 1.34 bits per heavy atom. The van der Waals surface area contributed by atoms with E-state index in [-0.39, 0.29) is 18.1 Å². The van der Waals surface area contributed by atoms with Gasteiger partial charge in [-0.25, -0.2) is 0 Å². The Balaban J connectivity index is 2.00. The van der Waals surface area contributed by atoms with Gasteiger partial charge in [-0.15, -0.1) is 11.6 Å². The summed E-state index contributed by atoms with van der Waals surface area (Å²) in [6, 6.07) is 11.7. The van der Waals surface area contributed by atoms with Gasteiger partial charge < -0.3 is 14.2 Å². The second kappa shape index (κ2) is 12.0. The monoisotopic (exact) mass is 526 g/mol. The van der Waals surface area contributed by atoms with Crippen molar-refractivity contribution < 1.29 is 45.3 Å². The maximum Gasteiger partial charge on any atom is 0.377 e. The second-order valence-electron chi connectivity index (χ2n) is 7.76. The third-order valence-electron chi connectivity index (χ3n) is 4.85. The highest BCUT2D eigenvalue weighted by molar-refractivity contribution is 6.29. The number of hydrogen-bond donors (Lipinski definition) is 0. The molecule has 0 aliphatic heterocycles. The molecule has 11 heteroatoms. The van der Waals surface area contributed by atoms with E-state index in [9.17, 15) is 31.1 Å². The van der Waals surface area contributed by atoms with Gasteiger partial charge in [0.2, 0.25) is 0 Å². The number of alkyl halides is 7. The number of carbonyl (C=O) groups excluding carboxylic acids is 1. The standard InChI is InChI=1S/C24H25ClF6O4/c1-3-4-13-33-14-22(26,27)24(30,31)23(28,29)15-34-19-9-5-17(6-10-19)18-7-11-20(12-8-18)35-21(32)16(2)25/h5-12,16H,3-4,13-15H2,1-2H3/t16-/m0/s1. The molecule has 0 radical (unpaired) electrons. The third kappa shape index (κ3) is 7.51. The van der Waals surface area contributed by atoms with Crippen molar-refractivity contribution in [1.82, 2.24) is 0 Å². The van der Waals surface area contributed by atoms with Crippen LogP contribution in [0.2, 0.25) is 0 Å². The number of rotatable bonds is 13. The summed E-state index contributed by atoms with van der Waals surface area (Å²) in [5, 5.41) is -0.820. The molecule has 0 bridgehead atoms. The minimum atomic E-state index is -5.68. The molecular weight excluding hydrogens is 502 g/mol. The smallest absolute Gasteiger partial charge is 0.377 e. The summed E-state index contributed by atoms with van der Waals surface area (Å²) < 4.78 is 97.7. The highest BCUT2D eigenvalue weighted by Gasteiger charge is 2.71. The molecule has 1 atom stereocenters. The van der Waals surface area contributed by atoms with Gasteiger partial charge in [0.05, 0.1) is 0 Å². The summed E-state index contributed by atoms with van der Waals surface area (Å²) in [6.45, 7) is -0.826. The molecule has 2 rings (SSSR count). The fourth-order valence-corrected chi connectivity index (χ4v) is 2.77. The van der Waals surface area contributed by atoms with Crippen LogP contribution in [0.15, 0.2) is 48.5 Å². The molecule has 4 nitrogen and oxygen atoms in total. The number of carbonyl (C=O) groups is 1. The van der Waals surface area contributed by atoms with Crippen molar-refractivity contribution in [2.75, 3.05) is 19.8 Å². The zero-order valence-electron chi connectivity index (χ0n) is 19.0. The van der Waals surface area contributed by atoms with Crippen LogP contribution in [0.4, 0.5) is 26.3 Å². The van der Waals surface area contributed by atoms with Crippen LogP contribution in [0, 0.1) is 0 Å². The topological polar surface area (TPSA) is 44.8 Å². The van der Waals surface area contributed by atoms with Gasteiger partial charge in [-0.3, -0.25) is 4.79 Å². The minimum Gasteiger partial charge on any atom is -0.487 e. The predicted octanol–water partition coefficient (Wildman–Crippen LogP) is 6.99. The summed E-state index contributed by atoms with van der Waals surface area (Å²) in [5.74, 6) is -16.5. The Labute approximate surface area is 204 Å². The lowest BCUT2D eigenvalue weighted by Crippen LogP contribution is -2.58. The van der Waals surface area contributed by atoms with E-state index in [2.05, 4.69) is 4.74 Å². The van der Waals surface area contributed by atoms with Crippen molar-refractivity contribution in [1.29, 1.82) is 0 Å². The Bertz CT molecular complexity index is 949. The van der Waals surface area contributed by atoms with Crippen LogP contribution >= 0.6 is 11.6 Å². The molecule has 0 heterocycles. The normalized spacial score (nSPS) is 13.4. The number of hydrogen-bond acceptors (Lipinski definition) is 4. The molecule has 0 saturated carbocycles. The molecule has 0 saturated heterocycles. The fraction of sp³-hybridized carbons (Fsp3) is 0.458. The van der Waals surface area contributed by atoms with Crippen LogP contribution < -0.4 is 9.47 Å². The molecule has 35 heavy (non-hydrogen) atoms. The second-order valence-corrected chi connectivity index (χ2v) is 8.42. The van der Waals surface area contributed by atoms with Crippen molar-refractivity contribution in [2.45, 2.75) is 49.8 Å². The van der Waals surface area contributed by atoms with E-state index >= 15 is 0 Å². The number of esters is 1. The molecule has 0 N–H and O–H groups in total. The molecular formula is C24H25ClF6O4. The Hall–Kier alpha value is -2.46. The van der Waals surface area contributed by atoms with E-state index in [4.69, 9.17) is 21.1 Å². The molecule has 0 aliphatic rings. The van der Waals surface area contributed by atoms with Gasteiger partial charge in [-0.05, 0) is 48.7 Å². The van der Waals surface area contributed by atoms with Gasteiger partial charge in [0.25, 0.3) is 0 Å². The van der Waals surface area contributed by atoms with Gasteiger partial charge in [-0.2, -0.15) is 26.3 Å². The lowest BCUT2D eigenvalue weighted by atomic mass is 10.1. The first-order valence-electron chi connectivity index (χ1n) is 10.7. The predicted molar refractivity (Wildman–Crippen MR) is 119 cm³/mol. The lowest BCUT2D eigenvalue weighted by molar-refractivity contribution is -0.324. The summed E-state index contributed by atoms with van der Waals surface area (Å²) in [4.78, 5) is 11.5. The molecule has 0 spiro atoms. The number of halogens is 7. The first kappa shape index (κ1) is 28.8. The highest BCUT2D eigenvalue weighted by atomic mass is 35.5. The van der Waals surface area contributed by atoms with Gasteiger partial charge in [-0.1, -0.05) is 37.6 Å². The molecule has 194 valence electrons. The van der Waals surface area contributed by atoms with E-state index in [1.807, 2.05) is 0 Å². The average Bonchev–Trinajstić information content (AvgIpc) is 2.81. The van der Waals surface area contributed by atoms with Crippen molar-refractivity contribution in [3.05, 3.63) is 48.5 Å². The van der Waals surface area contributed by atoms with E-state index in [0.29, 0.717) is 24.0 Å². The van der Waals surface area contributed by atoms with Crippen LogP contribution in [0.5, 0.6) is 11.5 Å². The first-order chi connectivity index (χ1) is 16.3. The molecule has 2 aromatic rings. The van der Waals surface area contributed by atoms with Gasteiger partial charge >= 0.3 is 23.7 Å². The SMILES string of the molecule is CCCCOCC(F)(F)C(F)(F)C(F)(F)COc1ccc(-c2ccc(OC(=O)[C@H](C)Cl)cc2)cc1. The van der Waals surface area contributed by atoms with E-state index < -0.39 is 42.3 Å². The number of ether oxygens (including phenoxy) is 3. The fourth-order valence-electron chi connectivity index (χ4n) is 2.73. The maximum atomic E-state index is 14.0. The lowest BCUT2D eigenvalue weighted by Gasteiger charge is -2.32. The van der Waals surface area contributed by atoms with E-state index in [1.54, 1.807) is 19.1 Å². The molecule has 0 amide bonds. The van der Waals surface area contributed by atoms with Gasteiger partial charge in [0.1, 0.15) is 23.5 Å². The average molecular weight is 527 g/mol. The third-order valence-corrected chi connectivity index (χ3v) is 5.03. The number of unbranched alkanes of at least 4 members (excludes halogenated alkanes) is 1. The Kier molecular flexibility index (Phi) is 9.85. The Morgan fingerprint density at radius 3 is 1.83 bits per heavy atom. The summed E-state index contributed by atoms with van der Waals surface area (Å²) in [6.07, 6.45) is 0.904. The summed E-state index contributed by atoms with van der Waals surface area (Å²) in [7, 11) is 0. The highest BCUT2D eigenvalue weighted by Crippen LogP contribution is 2.46. The van der Waals surface area contributed by atoms with Crippen molar-refractivity contribution in [3.8, 4) is 22.6 Å². The van der Waals surface area contributed by atoms with E-state index in [1.165, 1.54) is 43.3 Å². The Morgan fingerprint density at radius 1 is 0.857 bits per heavy atom. The molecule has 0 aromatic heterocycles. The number of benzene rings is 2. The van der Waals surface area contributed by atoms with Crippen LogP contribution in [-0.2, 0) is 9.53 Å². The van der Waals surface area contributed by atoms with Crippen molar-refractivity contribution in [3.63, 3.8) is 0 Å². The first-order valence-corrected chi connectivity index (χ1v) is 11.1. The largest absolute Gasteiger partial charge is 0.487 e. The van der Waals surface area contributed by atoms with Crippen molar-refractivity contribution >= 4 is 17.6 Å². The van der Waals surface area contributed by atoms with Gasteiger partial charge in [0, 0.05) is 6.61 Å². The molecule has 0 aliphatic carbocycles. The molecule has 0 fully saturated rings. The summed E-state index contributed by atoms with van der Waals surface area (Å²) >= 11 is 5.63. The molecule has 0 unspecified atom stereocenters. The zero-order valence-corrected chi connectivity index (χ0v) is 19.8. The minimum absolute atomic E-state index is 0.214. The van der Waals surface area contributed by atoms with Crippen LogP contribution in [0.3, 0.4) is 0 Å². The van der Waals surface area contributed by atoms with Gasteiger partial charge in [0.15, 0.2) is 6.61 Å².